The molecule has 8 heteroatoms. The van der Waals surface area contributed by atoms with E-state index in [4.69, 9.17) is 4.74 Å². The largest absolute Gasteiger partial charge is 0.451 e. The summed E-state index contributed by atoms with van der Waals surface area (Å²) in [4.78, 5) is 50.4. The van der Waals surface area contributed by atoms with Crippen molar-refractivity contribution in [1.82, 2.24) is 15.1 Å². The number of nitrogens with zero attached hydrogens (tertiary/aromatic N) is 2. The van der Waals surface area contributed by atoms with E-state index in [1.807, 2.05) is 30.3 Å². The smallest absolute Gasteiger partial charge is 0.359 e. The number of hydrogen-bond donors (Lipinski definition) is 1. The van der Waals surface area contributed by atoms with Crippen LogP contribution in [0.3, 0.4) is 0 Å². The van der Waals surface area contributed by atoms with Gasteiger partial charge in [-0.15, -0.1) is 0 Å². The van der Waals surface area contributed by atoms with E-state index in [9.17, 15) is 19.2 Å². The number of carbonyl (C=O) groups is 3. The summed E-state index contributed by atoms with van der Waals surface area (Å²) in [5, 5.41) is 7.47. The minimum atomic E-state index is -0.858. The maximum Gasteiger partial charge on any atom is 0.359 e. The molecular formula is C27H23N3O5. The number of para-hydroxylation sites is 1. The molecule has 1 heterocycles. The molecule has 0 saturated heterocycles. The Balaban J connectivity index is 1.52. The molecule has 0 bridgehead atoms. The Kier molecular flexibility index (Phi) is 7.11. The molecule has 0 saturated carbocycles. The Morgan fingerprint density at radius 2 is 1.49 bits per heavy atom. The Labute approximate surface area is 201 Å². The number of carbonyl (C=O) groups excluding carboxylic acids is 3. The highest BCUT2D eigenvalue weighted by atomic mass is 16.5. The van der Waals surface area contributed by atoms with Crippen molar-refractivity contribution < 1.29 is 19.1 Å². The van der Waals surface area contributed by atoms with Crippen LogP contribution in [0.5, 0.6) is 0 Å². The fourth-order valence-electron chi connectivity index (χ4n) is 3.67. The number of ether oxygens (including phenoxy) is 1. The third-order valence-corrected chi connectivity index (χ3v) is 5.44. The van der Waals surface area contributed by atoms with Gasteiger partial charge < -0.3 is 10.1 Å². The van der Waals surface area contributed by atoms with Crippen LogP contribution < -0.4 is 10.9 Å². The van der Waals surface area contributed by atoms with Gasteiger partial charge in [0.25, 0.3) is 11.5 Å². The second-order valence-electron chi connectivity index (χ2n) is 7.94. The number of ketones is 1. The molecule has 0 unspecified atom stereocenters. The number of hydrogen-bond acceptors (Lipinski definition) is 6. The van der Waals surface area contributed by atoms with Gasteiger partial charge in [0.05, 0.1) is 17.1 Å². The summed E-state index contributed by atoms with van der Waals surface area (Å²) in [6.45, 7) is 0.792. The van der Waals surface area contributed by atoms with Crippen LogP contribution in [-0.4, -0.2) is 40.1 Å². The number of aromatic nitrogens is 2. The first kappa shape index (κ1) is 23.6. The van der Waals surface area contributed by atoms with E-state index >= 15 is 0 Å². The van der Waals surface area contributed by atoms with Gasteiger partial charge in [-0.2, -0.15) is 9.78 Å². The third kappa shape index (κ3) is 5.50. The van der Waals surface area contributed by atoms with Gasteiger partial charge in [-0.3, -0.25) is 14.4 Å². The van der Waals surface area contributed by atoms with Gasteiger partial charge in [-0.25, -0.2) is 4.79 Å². The summed E-state index contributed by atoms with van der Waals surface area (Å²) in [7, 11) is 0. The molecule has 1 amide bonds. The molecule has 1 N–H and O–H groups in total. The molecule has 8 nitrogen and oxygen atoms in total. The van der Waals surface area contributed by atoms with Crippen LogP contribution in [0, 0.1) is 0 Å². The summed E-state index contributed by atoms with van der Waals surface area (Å²) in [6.07, 6.45) is 0.324. The van der Waals surface area contributed by atoms with Crippen molar-refractivity contribution in [1.29, 1.82) is 0 Å². The summed E-state index contributed by atoms with van der Waals surface area (Å²) in [6, 6.07) is 23.8. The Morgan fingerprint density at radius 3 is 2.14 bits per heavy atom. The molecule has 0 fully saturated rings. The zero-order valence-corrected chi connectivity index (χ0v) is 19.0. The molecule has 4 rings (SSSR count). The highest BCUT2D eigenvalue weighted by molar-refractivity contribution is 6.02. The van der Waals surface area contributed by atoms with Crippen molar-refractivity contribution in [3.63, 3.8) is 0 Å². The van der Waals surface area contributed by atoms with E-state index in [1.54, 1.807) is 54.6 Å². The zero-order chi connectivity index (χ0) is 24.8. The second kappa shape index (κ2) is 10.6. The van der Waals surface area contributed by atoms with Crippen LogP contribution >= 0.6 is 0 Å². The lowest BCUT2D eigenvalue weighted by molar-refractivity contribution is -0.128. The summed E-state index contributed by atoms with van der Waals surface area (Å²) < 4.78 is 6.35. The molecule has 0 aliphatic carbocycles. The molecule has 1 atom stereocenters. The minimum Gasteiger partial charge on any atom is -0.451 e. The van der Waals surface area contributed by atoms with Gasteiger partial charge in [-0.05, 0) is 37.1 Å². The van der Waals surface area contributed by atoms with Crippen LogP contribution in [-0.2, 0) is 20.7 Å². The number of Topliss-reactive ketones (excluding diaryl/α,β-unsaturated/α-hetero) is 1. The normalized spacial score (nSPS) is 11.6. The first-order chi connectivity index (χ1) is 16.9. The average molecular weight is 469 g/mol. The maximum absolute atomic E-state index is 13.0. The van der Waals surface area contributed by atoms with Gasteiger partial charge in [0.15, 0.2) is 18.1 Å². The number of esters is 1. The van der Waals surface area contributed by atoms with Crippen molar-refractivity contribution >= 4 is 28.4 Å². The lowest BCUT2D eigenvalue weighted by Crippen LogP contribution is -2.43. The molecule has 4 aromatic rings. The molecule has 176 valence electrons. The molecule has 3 aromatic carbocycles. The molecule has 35 heavy (non-hydrogen) atoms. The van der Waals surface area contributed by atoms with Crippen molar-refractivity contribution in [2.45, 2.75) is 19.4 Å². The molecule has 0 aliphatic rings. The Bertz CT molecular complexity index is 1430. The van der Waals surface area contributed by atoms with E-state index in [1.165, 1.54) is 6.92 Å². The van der Waals surface area contributed by atoms with E-state index in [0.717, 1.165) is 10.2 Å². The van der Waals surface area contributed by atoms with Gasteiger partial charge >= 0.3 is 5.97 Å². The number of nitrogens with one attached hydrogen (secondary N) is 1. The SMILES string of the molecule is CC(=O)[C@H](Cc1ccccc1)NC(=O)COC(=O)c1nn(-c2ccccc2)c(=O)c2ccccc12. The summed E-state index contributed by atoms with van der Waals surface area (Å²) in [5.74, 6) is -1.69. The topological polar surface area (TPSA) is 107 Å². The molecule has 1 aromatic heterocycles. The summed E-state index contributed by atoms with van der Waals surface area (Å²) >= 11 is 0. The maximum atomic E-state index is 13.0. The number of amides is 1. The first-order valence-electron chi connectivity index (χ1n) is 11.0. The minimum absolute atomic E-state index is 0.0933. The Hall–Kier alpha value is -4.59. The molecule has 0 aliphatic heterocycles. The number of benzene rings is 3. The van der Waals surface area contributed by atoms with E-state index in [2.05, 4.69) is 10.4 Å². The van der Waals surface area contributed by atoms with Gasteiger partial charge in [0, 0.05) is 5.39 Å². The lowest BCUT2D eigenvalue weighted by Gasteiger charge is -2.16. The molecular weight excluding hydrogens is 446 g/mol. The van der Waals surface area contributed by atoms with Crippen LogP contribution in [0.15, 0.2) is 89.7 Å². The van der Waals surface area contributed by atoms with Crippen LogP contribution in [0.4, 0.5) is 0 Å². The van der Waals surface area contributed by atoms with Crippen molar-refractivity contribution in [2.24, 2.45) is 0 Å². The Morgan fingerprint density at radius 1 is 0.886 bits per heavy atom. The predicted molar refractivity (Wildman–Crippen MR) is 130 cm³/mol. The van der Waals surface area contributed by atoms with Gasteiger partial charge in [-0.1, -0.05) is 66.7 Å². The average Bonchev–Trinajstić information content (AvgIpc) is 2.88. The fourth-order valence-corrected chi connectivity index (χ4v) is 3.67. The van der Waals surface area contributed by atoms with Crippen molar-refractivity contribution in [3.8, 4) is 5.69 Å². The highest BCUT2D eigenvalue weighted by Crippen LogP contribution is 2.16. The fraction of sp³-hybridized carbons (Fsp3) is 0.148. The molecule has 0 radical (unpaired) electrons. The highest BCUT2D eigenvalue weighted by Gasteiger charge is 2.22. The lowest BCUT2D eigenvalue weighted by atomic mass is 10.0. The van der Waals surface area contributed by atoms with Crippen LogP contribution in [0.1, 0.15) is 23.0 Å². The van der Waals surface area contributed by atoms with Crippen LogP contribution in [0.2, 0.25) is 0 Å². The predicted octanol–water partition coefficient (Wildman–Crippen LogP) is 2.86. The van der Waals surface area contributed by atoms with E-state index in [0.29, 0.717) is 22.9 Å². The third-order valence-electron chi connectivity index (χ3n) is 5.44. The van der Waals surface area contributed by atoms with Crippen LogP contribution in [0.25, 0.3) is 16.5 Å². The van der Waals surface area contributed by atoms with Crippen molar-refractivity contribution in [2.75, 3.05) is 6.61 Å². The van der Waals surface area contributed by atoms with E-state index < -0.39 is 24.5 Å². The number of rotatable bonds is 8. The van der Waals surface area contributed by atoms with Crippen molar-refractivity contribution in [3.05, 3.63) is 107 Å². The molecule has 0 spiro atoms. The monoisotopic (exact) mass is 469 g/mol. The zero-order valence-electron chi connectivity index (χ0n) is 19.0. The first-order valence-corrected chi connectivity index (χ1v) is 11.0. The second-order valence-corrected chi connectivity index (χ2v) is 7.94. The van der Waals surface area contributed by atoms with Gasteiger partial charge in [0.2, 0.25) is 0 Å². The quantitative estimate of drug-likeness (QED) is 0.398. The summed E-state index contributed by atoms with van der Waals surface area (Å²) in [5.41, 5.74) is 0.902. The standard InChI is InChI=1S/C27H23N3O5/c1-18(31)23(16-19-10-4-2-5-11-19)28-24(32)17-35-27(34)25-21-14-8-9-15-22(21)26(33)30(29-25)20-12-6-3-7-13-20/h2-15,23H,16-17H2,1H3,(H,28,32)/t23-/m0/s1. The van der Waals surface area contributed by atoms with E-state index in [-0.39, 0.29) is 17.0 Å². The van der Waals surface area contributed by atoms with Gasteiger partial charge in [0.1, 0.15) is 0 Å². The number of fused-ring (bicyclic) bond motifs is 1.